The molecule has 16 heavy (non-hydrogen) atoms. The fraction of sp³-hybridized carbons (Fsp3) is 0.417. The van der Waals surface area contributed by atoms with Crippen molar-refractivity contribution in [2.24, 2.45) is 0 Å². The van der Waals surface area contributed by atoms with E-state index in [1.54, 1.807) is 12.1 Å². The molecule has 0 bridgehead atoms. The van der Waals surface area contributed by atoms with Crippen LogP contribution >= 0.6 is 0 Å². The fourth-order valence-corrected chi connectivity index (χ4v) is 1.60. The van der Waals surface area contributed by atoms with Crippen LogP contribution in [0.4, 0.5) is 5.69 Å². The minimum atomic E-state index is -0.599. The van der Waals surface area contributed by atoms with Gasteiger partial charge in [-0.25, -0.2) is 0 Å². The van der Waals surface area contributed by atoms with Gasteiger partial charge in [0.1, 0.15) is 0 Å². The van der Waals surface area contributed by atoms with Gasteiger partial charge in [0.25, 0.3) is 0 Å². The third kappa shape index (κ3) is 2.59. The monoisotopic (exact) mass is 221 g/mol. The summed E-state index contributed by atoms with van der Waals surface area (Å²) in [5.41, 5.74) is 0.593. The zero-order valence-electron chi connectivity index (χ0n) is 9.42. The number of benzene rings is 1. The number of hydrogen-bond acceptors (Lipinski definition) is 3. The first kappa shape index (κ1) is 11.1. The van der Waals surface area contributed by atoms with Crippen molar-refractivity contribution >= 4 is 11.9 Å². The molecule has 0 spiro atoms. The molecule has 4 heteroatoms. The van der Waals surface area contributed by atoms with Crippen molar-refractivity contribution in [3.63, 3.8) is 0 Å². The average Bonchev–Trinajstić information content (AvgIpc) is 2.59. The van der Waals surface area contributed by atoms with Crippen molar-refractivity contribution in [1.82, 2.24) is 0 Å². The number of ether oxygens (including phenoxy) is 2. The summed E-state index contributed by atoms with van der Waals surface area (Å²) in [7, 11) is 0. The highest BCUT2D eigenvalue weighted by Crippen LogP contribution is 2.21. The number of rotatable bonds is 2. The molecule has 0 amide bonds. The van der Waals surface area contributed by atoms with Gasteiger partial charge in [-0.15, -0.1) is 0 Å². The second kappa shape index (κ2) is 4.23. The van der Waals surface area contributed by atoms with E-state index < -0.39 is 5.79 Å². The molecule has 1 aliphatic rings. The van der Waals surface area contributed by atoms with Crippen LogP contribution < -0.4 is 0 Å². The van der Waals surface area contributed by atoms with E-state index in [2.05, 4.69) is 0 Å². The Labute approximate surface area is 94.7 Å². The lowest BCUT2D eigenvalue weighted by Gasteiger charge is -2.15. The molecule has 0 unspecified atom stereocenters. The first-order valence-electron chi connectivity index (χ1n) is 5.25. The summed E-state index contributed by atoms with van der Waals surface area (Å²) < 4.78 is 11.7. The second-order valence-electron chi connectivity index (χ2n) is 4.18. The predicted molar refractivity (Wildman–Crippen MR) is 60.7 cm³/mol. The Hall–Kier alpha value is -1.39. The SMILES string of the molecule is CC1(C)OC[C@@H](/C=[N+](\[O-])c2ccccc2)O1. The normalized spacial score (nSPS) is 24.6. The number of hydrogen-bond donors (Lipinski definition) is 0. The summed E-state index contributed by atoms with van der Waals surface area (Å²) in [5.74, 6) is -0.599. The maximum Gasteiger partial charge on any atom is 0.216 e. The first-order valence-corrected chi connectivity index (χ1v) is 5.25. The van der Waals surface area contributed by atoms with Crippen LogP contribution in [0.5, 0.6) is 0 Å². The van der Waals surface area contributed by atoms with E-state index in [0.29, 0.717) is 12.3 Å². The molecule has 0 aromatic heterocycles. The van der Waals surface area contributed by atoms with Crippen LogP contribution in [0.15, 0.2) is 30.3 Å². The molecular formula is C12H15NO3. The molecule has 4 nitrogen and oxygen atoms in total. The molecule has 1 heterocycles. The quantitative estimate of drug-likeness (QED) is 0.332. The molecule has 1 fully saturated rings. The lowest BCUT2D eigenvalue weighted by molar-refractivity contribution is -0.359. The summed E-state index contributed by atoms with van der Waals surface area (Å²) in [6, 6.07) is 9.03. The van der Waals surface area contributed by atoms with Gasteiger partial charge in [0.15, 0.2) is 18.1 Å². The molecule has 1 atom stereocenters. The lowest BCUT2D eigenvalue weighted by Crippen LogP contribution is -2.23. The minimum Gasteiger partial charge on any atom is -0.618 e. The van der Waals surface area contributed by atoms with Crippen molar-refractivity contribution in [1.29, 1.82) is 0 Å². The van der Waals surface area contributed by atoms with Crippen molar-refractivity contribution in [2.45, 2.75) is 25.7 Å². The maximum atomic E-state index is 11.7. The summed E-state index contributed by atoms with van der Waals surface area (Å²) in [5, 5.41) is 11.7. The lowest BCUT2D eigenvalue weighted by atomic mass is 10.3. The molecule has 2 rings (SSSR count). The largest absolute Gasteiger partial charge is 0.618 e. The Morgan fingerprint density at radius 3 is 2.62 bits per heavy atom. The molecule has 0 saturated carbocycles. The zero-order chi connectivity index (χ0) is 11.6. The van der Waals surface area contributed by atoms with E-state index in [1.165, 1.54) is 6.21 Å². The van der Waals surface area contributed by atoms with Crippen molar-refractivity contribution < 1.29 is 14.2 Å². The highest BCUT2D eigenvalue weighted by molar-refractivity contribution is 5.60. The smallest absolute Gasteiger partial charge is 0.216 e. The molecule has 0 radical (unpaired) electrons. The third-order valence-electron chi connectivity index (χ3n) is 2.34. The van der Waals surface area contributed by atoms with Crippen LogP contribution in [-0.2, 0) is 9.47 Å². The van der Waals surface area contributed by atoms with Crippen LogP contribution in [-0.4, -0.2) is 29.5 Å². The van der Waals surface area contributed by atoms with Crippen LogP contribution in [0.2, 0.25) is 0 Å². The molecule has 0 aliphatic carbocycles. The van der Waals surface area contributed by atoms with Gasteiger partial charge < -0.3 is 14.7 Å². The maximum absolute atomic E-state index is 11.7. The summed E-state index contributed by atoms with van der Waals surface area (Å²) in [6.45, 7) is 4.08. The minimum absolute atomic E-state index is 0.285. The van der Waals surface area contributed by atoms with Gasteiger partial charge in [0, 0.05) is 12.1 Å². The van der Waals surface area contributed by atoms with E-state index in [9.17, 15) is 5.21 Å². The topological polar surface area (TPSA) is 44.5 Å². The zero-order valence-corrected chi connectivity index (χ0v) is 9.42. The highest BCUT2D eigenvalue weighted by atomic mass is 16.7. The Morgan fingerprint density at radius 1 is 1.38 bits per heavy atom. The summed E-state index contributed by atoms with van der Waals surface area (Å²) in [6.07, 6.45) is 1.21. The van der Waals surface area contributed by atoms with Gasteiger partial charge in [-0.05, 0) is 13.8 Å². The van der Waals surface area contributed by atoms with Crippen LogP contribution in [0.25, 0.3) is 0 Å². The molecule has 1 saturated heterocycles. The highest BCUT2D eigenvalue weighted by Gasteiger charge is 2.33. The Balaban J connectivity index is 2.08. The third-order valence-corrected chi connectivity index (χ3v) is 2.34. The van der Waals surface area contributed by atoms with Crippen LogP contribution in [0.3, 0.4) is 0 Å². The summed E-state index contributed by atoms with van der Waals surface area (Å²) in [4.78, 5) is 0. The van der Waals surface area contributed by atoms with Crippen molar-refractivity contribution in [3.05, 3.63) is 35.5 Å². The predicted octanol–water partition coefficient (Wildman–Crippen LogP) is 2.05. The van der Waals surface area contributed by atoms with Gasteiger partial charge in [0.05, 0.1) is 6.61 Å². The standard InChI is InChI=1S/C12H15NO3/c1-12(2)15-9-11(16-12)8-13(14)10-6-4-3-5-7-10/h3-8,11H,9H2,1-2H3/b13-8-/t11-/m1/s1. The molecule has 1 aromatic rings. The Bertz CT molecular complexity index is 387. The first-order chi connectivity index (χ1) is 7.57. The van der Waals surface area contributed by atoms with E-state index in [1.807, 2.05) is 32.0 Å². The van der Waals surface area contributed by atoms with E-state index >= 15 is 0 Å². The number of para-hydroxylation sites is 1. The molecule has 0 N–H and O–H groups in total. The average molecular weight is 221 g/mol. The van der Waals surface area contributed by atoms with Gasteiger partial charge in [-0.2, -0.15) is 4.74 Å². The molecular weight excluding hydrogens is 206 g/mol. The molecule has 1 aliphatic heterocycles. The van der Waals surface area contributed by atoms with Gasteiger partial charge in [0.2, 0.25) is 5.69 Å². The Kier molecular flexibility index (Phi) is 2.94. The fourth-order valence-electron chi connectivity index (χ4n) is 1.60. The van der Waals surface area contributed by atoms with Crippen LogP contribution in [0.1, 0.15) is 13.8 Å². The molecule has 1 aromatic carbocycles. The Morgan fingerprint density at radius 2 is 2.06 bits per heavy atom. The van der Waals surface area contributed by atoms with Crippen LogP contribution in [0, 0.1) is 5.21 Å². The molecule has 86 valence electrons. The van der Waals surface area contributed by atoms with Gasteiger partial charge in [-0.3, -0.25) is 0 Å². The van der Waals surface area contributed by atoms with Gasteiger partial charge in [-0.1, -0.05) is 18.2 Å². The van der Waals surface area contributed by atoms with E-state index in [-0.39, 0.29) is 6.10 Å². The summed E-state index contributed by atoms with van der Waals surface area (Å²) >= 11 is 0. The van der Waals surface area contributed by atoms with E-state index in [0.717, 1.165) is 4.74 Å². The second-order valence-corrected chi connectivity index (χ2v) is 4.18. The number of nitrogens with zero attached hydrogens (tertiary/aromatic N) is 1. The van der Waals surface area contributed by atoms with Crippen molar-refractivity contribution in [2.75, 3.05) is 6.61 Å². The van der Waals surface area contributed by atoms with E-state index in [4.69, 9.17) is 9.47 Å². The van der Waals surface area contributed by atoms with Gasteiger partial charge >= 0.3 is 0 Å². The van der Waals surface area contributed by atoms with Crippen molar-refractivity contribution in [3.8, 4) is 0 Å².